The molecule has 1 N–H and O–H groups in total. The lowest BCUT2D eigenvalue weighted by Crippen LogP contribution is -2.03. The van der Waals surface area contributed by atoms with E-state index < -0.39 is 0 Å². The number of rotatable bonds is 5. The molecule has 0 saturated carbocycles. The third-order valence-electron chi connectivity index (χ3n) is 5.59. The van der Waals surface area contributed by atoms with Crippen molar-refractivity contribution < 1.29 is 8.78 Å². The fourth-order valence-electron chi connectivity index (χ4n) is 3.92. The van der Waals surface area contributed by atoms with E-state index in [2.05, 4.69) is 15.3 Å². The van der Waals surface area contributed by atoms with Crippen molar-refractivity contribution in [1.29, 1.82) is 0 Å². The Morgan fingerprint density at radius 2 is 1.67 bits per heavy atom. The Morgan fingerprint density at radius 3 is 2.48 bits per heavy atom. The molecule has 0 bridgehead atoms. The molecule has 162 valence electrons. The number of anilines is 1. The summed E-state index contributed by atoms with van der Waals surface area (Å²) in [4.78, 5) is 8.92. The number of hydrogen-bond donors (Lipinski definition) is 1. The highest BCUT2D eigenvalue weighted by atomic mass is 19.1. The number of benzene rings is 3. The summed E-state index contributed by atoms with van der Waals surface area (Å²) in [6.45, 7) is 2.41. The molecule has 0 aliphatic carbocycles. The molecule has 0 radical (unpaired) electrons. The molecule has 33 heavy (non-hydrogen) atoms. The van der Waals surface area contributed by atoms with E-state index in [1.807, 2.05) is 61.5 Å². The van der Waals surface area contributed by atoms with Gasteiger partial charge in [0.2, 0.25) is 0 Å². The average Bonchev–Trinajstić information content (AvgIpc) is 2.82. The summed E-state index contributed by atoms with van der Waals surface area (Å²) in [7, 11) is 0. The number of nitrogens with zero attached hydrogens (tertiary/aromatic N) is 2. The second-order valence-corrected chi connectivity index (χ2v) is 8.00. The van der Waals surface area contributed by atoms with E-state index in [9.17, 15) is 8.78 Å². The highest BCUT2D eigenvalue weighted by Crippen LogP contribution is 2.27. The summed E-state index contributed by atoms with van der Waals surface area (Å²) in [5.41, 5.74) is 4.75. The lowest BCUT2D eigenvalue weighted by Gasteiger charge is -2.11. The first-order valence-corrected chi connectivity index (χ1v) is 10.7. The molecule has 0 amide bonds. The van der Waals surface area contributed by atoms with Crippen LogP contribution in [0.25, 0.3) is 33.2 Å². The van der Waals surface area contributed by atoms with Crippen molar-refractivity contribution >= 4 is 16.6 Å². The highest BCUT2D eigenvalue weighted by molar-refractivity contribution is 5.93. The maximum absolute atomic E-state index is 14.8. The van der Waals surface area contributed by atoms with Crippen LogP contribution in [0.2, 0.25) is 0 Å². The normalized spacial score (nSPS) is 11.0. The van der Waals surface area contributed by atoms with E-state index in [0.29, 0.717) is 29.2 Å². The van der Waals surface area contributed by atoms with Gasteiger partial charge in [-0.1, -0.05) is 54.1 Å². The zero-order valence-corrected chi connectivity index (χ0v) is 18.0. The van der Waals surface area contributed by atoms with Crippen LogP contribution in [0.1, 0.15) is 11.1 Å². The van der Waals surface area contributed by atoms with E-state index in [-0.39, 0.29) is 11.6 Å². The van der Waals surface area contributed by atoms with E-state index in [1.165, 1.54) is 12.1 Å². The Balaban J connectivity index is 1.38. The van der Waals surface area contributed by atoms with Crippen LogP contribution in [0.15, 0.2) is 91.3 Å². The van der Waals surface area contributed by atoms with Crippen molar-refractivity contribution in [2.24, 2.45) is 0 Å². The quantitative estimate of drug-likeness (QED) is 0.317. The van der Waals surface area contributed by atoms with Gasteiger partial charge in [0.1, 0.15) is 17.5 Å². The number of aryl methyl sites for hydroxylation is 1. The number of pyridine rings is 2. The molecule has 0 fully saturated rings. The van der Waals surface area contributed by atoms with Gasteiger partial charge in [0.05, 0.1) is 5.69 Å². The van der Waals surface area contributed by atoms with E-state index >= 15 is 0 Å². The first-order valence-electron chi connectivity index (χ1n) is 10.7. The second-order valence-electron chi connectivity index (χ2n) is 8.00. The zero-order valence-electron chi connectivity index (χ0n) is 18.0. The molecule has 3 nitrogen and oxygen atoms in total. The molecule has 0 spiro atoms. The molecule has 0 unspecified atom stereocenters. The maximum Gasteiger partial charge on any atom is 0.135 e. The highest BCUT2D eigenvalue weighted by Gasteiger charge is 2.09. The molecular weight excluding hydrogens is 416 g/mol. The summed E-state index contributed by atoms with van der Waals surface area (Å²) in [5, 5.41) is 5.07. The number of hydrogen-bond acceptors (Lipinski definition) is 3. The van der Waals surface area contributed by atoms with Crippen LogP contribution in [0.4, 0.5) is 14.6 Å². The van der Waals surface area contributed by atoms with E-state index in [4.69, 9.17) is 0 Å². The number of halogens is 2. The minimum Gasteiger partial charge on any atom is -0.365 e. The average molecular weight is 437 g/mol. The van der Waals surface area contributed by atoms with Gasteiger partial charge in [0.25, 0.3) is 0 Å². The summed E-state index contributed by atoms with van der Waals surface area (Å²) < 4.78 is 28.4. The Bertz CT molecular complexity index is 1460. The summed E-state index contributed by atoms with van der Waals surface area (Å²) >= 11 is 0. The second kappa shape index (κ2) is 8.79. The summed E-state index contributed by atoms with van der Waals surface area (Å²) in [5.74, 6) is 0.105. The van der Waals surface area contributed by atoms with Gasteiger partial charge in [-0.15, -0.1) is 0 Å². The van der Waals surface area contributed by atoms with Gasteiger partial charge < -0.3 is 5.32 Å². The van der Waals surface area contributed by atoms with Crippen LogP contribution >= 0.6 is 0 Å². The fourth-order valence-corrected chi connectivity index (χ4v) is 3.92. The molecule has 0 aliphatic rings. The molecular formula is C28H21F2N3. The topological polar surface area (TPSA) is 37.8 Å². The predicted molar refractivity (Wildman–Crippen MR) is 129 cm³/mol. The van der Waals surface area contributed by atoms with Crippen molar-refractivity contribution in [2.75, 3.05) is 5.32 Å². The molecule has 5 rings (SSSR count). The smallest absolute Gasteiger partial charge is 0.135 e. The first kappa shape index (κ1) is 20.8. The van der Waals surface area contributed by atoms with Gasteiger partial charge in [-0.2, -0.15) is 0 Å². The molecule has 0 atom stereocenters. The van der Waals surface area contributed by atoms with Crippen molar-refractivity contribution in [3.63, 3.8) is 0 Å². The molecule has 3 aromatic carbocycles. The van der Waals surface area contributed by atoms with Crippen molar-refractivity contribution in [2.45, 2.75) is 13.5 Å². The van der Waals surface area contributed by atoms with Gasteiger partial charge in [-0.05, 0) is 53.8 Å². The molecule has 2 heterocycles. The van der Waals surface area contributed by atoms with Crippen molar-refractivity contribution in [1.82, 2.24) is 9.97 Å². The van der Waals surface area contributed by atoms with Crippen LogP contribution in [0.5, 0.6) is 0 Å². The van der Waals surface area contributed by atoms with Gasteiger partial charge in [-0.3, -0.25) is 4.98 Å². The van der Waals surface area contributed by atoms with E-state index in [1.54, 1.807) is 24.5 Å². The number of nitrogens with one attached hydrogen (secondary N) is 1. The van der Waals surface area contributed by atoms with Gasteiger partial charge in [0, 0.05) is 35.5 Å². The Kier molecular flexibility index (Phi) is 5.53. The molecule has 5 aromatic rings. The van der Waals surface area contributed by atoms with Crippen LogP contribution in [-0.2, 0) is 6.54 Å². The molecule has 0 saturated heterocycles. The molecule has 2 aromatic heterocycles. The predicted octanol–water partition coefficient (Wildman–Crippen LogP) is 7.16. The summed E-state index contributed by atoms with van der Waals surface area (Å²) in [6, 6.07) is 23.2. The lowest BCUT2D eigenvalue weighted by atomic mass is 10.0. The van der Waals surface area contributed by atoms with E-state index in [0.717, 1.165) is 27.5 Å². The SMILES string of the molecule is Cc1cccc(-c2ccc(CNc3nccc4cc(-c5cccc(F)c5)ncc34)cc2F)c1. The van der Waals surface area contributed by atoms with Crippen LogP contribution < -0.4 is 5.32 Å². The maximum atomic E-state index is 14.8. The fraction of sp³-hybridized carbons (Fsp3) is 0.0714. The minimum atomic E-state index is -0.299. The minimum absolute atomic E-state index is 0.257. The molecule has 5 heteroatoms. The van der Waals surface area contributed by atoms with Crippen molar-refractivity contribution in [3.05, 3.63) is 114 Å². The Hall–Kier alpha value is -4.12. The number of aromatic nitrogens is 2. The lowest BCUT2D eigenvalue weighted by molar-refractivity contribution is 0.628. The standard InChI is InChI=1S/C28H21F2N3/c1-18-4-2-5-20(12-18)24-9-8-19(13-26(24)30)16-33-28-25-17-32-27(15-21(25)10-11-31-28)22-6-3-7-23(29)14-22/h2-15,17H,16H2,1H3,(H,31,33). The molecule has 0 aliphatic heterocycles. The van der Waals surface area contributed by atoms with Crippen LogP contribution in [0, 0.1) is 18.6 Å². The number of fused-ring (bicyclic) bond motifs is 1. The van der Waals surface area contributed by atoms with Gasteiger partial charge >= 0.3 is 0 Å². The van der Waals surface area contributed by atoms with Gasteiger partial charge in [-0.25, -0.2) is 13.8 Å². The van der Waals surface area contributed by atoms with Gasteiger partial charge in [0.15, 0.2) is 0 Å². The Labute approximate surface area is 190 Å². The third kappa shape index (κ3) is 4.44. The largest absolute Gasteiger partial charge is 0.365 e. The Morgan fingerprint density at radius 1 is 0.818 bits per heavy atom. The zero-order chi connectivity index (χ0) is 22.8. The monoisotopic (exact) mass is 437 g/mol. The first-order chi connectivity index (χ1) is 16.1. The third-order valence-corrected chi connectivity index (χ3v) is 5.59. The van der Waals surface area contributed by atoms with Crippen LogP contribution in [0.3, 0.4) is 0 Å². The van der Waals surface area contributed by atoms with Crippen LogP contribution in [-0.4, -0.2) is 9.97 Å². The summed E-state index contributed by atoms with van der Waals surface area (Å²) in [6.07, 6.45) is 3.44. The van der Waals surface area contributed by atoms with Crippen molar-refractivity contribution in [3.8, 4) is 22.4 Å².